The van der Waals surface area contributed by atoms with Crippen LogP contribution in [0.2, 0.25) is 10.0 Å². The molecule has 0 aliphatic heterocycles. The molecule has 0 radical (unpaired) electrons. The van der Waals surface area contributed by atoms with E-state index < -0.39 is 17.7 Å². The molecule has 2 N–H and O–H groups in total. The molecule has 2 rings (SSSR count). The van der Waals surface area contributed by atoms with Crippen molar-refractivity contribution in [1.29, 1.82) is 0 Å². The molecule has 20 heavy (non-hydrogen) atoms. The highest BCUT2D eigenvalue weighted by molar-refractivity contribution is 9.10. The third kappa shape index (κ3) is 3.31. The van der Waals surface area contributed by atoms with E-state index in [-0.39, 0.29) is 16.5 Å². The highest BCUT2D eigenvalue weighted by Crippen LogP contribution is 2.29. The van der Waals surface area contributed by atoms with Crippen LogP contribution in [0.1, 0.15) is 17.2 Å². The molecular formula is C14H10BrCl2F2N. The van der Waals surface area contributed by atoms with Crippen molar-refractivity contribution in [2.24, 2.45) is 5.73 Å². The number of halogens is 5. The van der Waals surface area contributed by atoms with Gasteiger partial charge in [-0.25, -0.2) is 8.78 Å². The average Bonchev–Trinajstić information content (AvgIpc) is 2.42. The zero-order valence-electron chi connectivity index (χ0n) is 10.1. The van der Waals surface area contributed by atoms with E-state index in [0.29, 0.717) is 15.6 Å². The van der Waals surface area contributed by atoms with Crippen molar-refractivity contribution in [2.45, 2.75) is 12.5 Å². The molecule has 0 saturated heterocycles. The van der Waals surface area contributed by atoms with E-state index in [2.05, 4.69) is 15.9 Å². The summed E-state index contributed by atoms with van der Waals surface area (Å²) in [6, 6.07) is 6.83. The highest BCUT2D eigenvalue weighted by Gasteiger charge is 2.17. The third-order valence-corrected chi connectivity index (χ3v) is 4.29. The zero-order chi connectivity index (χ0) is 14.9. The fourth-order valence-corrected chi connectivity index (χ4v) is 2.51. The van der Waals surface area contributed by atoms with E-state index in [4.69, 9.17) is 28.9 Å². The van der Waals surface area contributed by atoms with Gasteiger partial charge in [-0.2, -0.15) is 0 Å². The standard InChI is InChI=1S/C14H10BrCl2F2N/c15-9-2-4-12(18)8(14(9)19)6-13(20)7-1-3-10(16)11(17)5-7/h1-5,13H,6,20H2. The van der Waals surface area contributed by atoms with Crippen molar-refractivity contribution in [2.75, 3.05) is 0 Å². The molecule has 0 amide bonds. The number of rotatable bonds is 3. The first-order valence-corrected chi connectivity index (χ1v) is 7.28. The van der Waals surface area contributed by atoms with Crippen molar-refractivity contribution < 1.29 is 8.78 Å². The van der Waals surface area contributed by atoms with E-state index >= 15 is 0 Å². The molecule has 6 heteroatoms. The van der Waals surface area contributed by atoms with Gasteiger partial charge >= 0.3 is 0 Å². The molecule has 2 aromatic rings. The lowest BCUT2D eigenvalue weighted by molar-refractivity contribution is 0.536. The Balaban J connectivity index is 2.30. The lowest BCUT2D eigenvalue weighted by Crippen LogP contribution is -2.15. The summed E-state index contributed by atoms with van der Waals surface area (Å²) in [5.41, 5.74) is 6.59. The third-order valence-electron chi connectivity index (χ3n) is 2.93. The van der Waals surface area contributed by atoms with Gasteiger partial charge in [0.05, 0.1) is 14.5 Å². The second-order valence-electron chi connectivity index (χ2n) is 4.31. The van der Waals surface area contributed by atoms with E-state index in [9.17, 15) is 8.78 Å². The zero-order valence-corrected chi connectivity index (χ0v) is 13.2. The Morgan fingerprint density at radius 1 is 1.10 bits per heavy atom. The van der Waals surface area contributed by atoms with Crippen molar-refractivity contribution in [3.8, 4) is 0 Å². The molecule has 0 heterocycles. The number of nitrogens with two attached hydrogens (primary N) is 1. The molecule has 1 atom stereocenters. The summed E-state index contributed by atoms with van der Waals surface area (Å²) < 4.78 is 27.8. The summed E-state index contributed by atoms with van der Waals surface area (Å²) in [6.45, 7) is 0. The van der Waals surface area contributed by atoms with Crippen LogP contribution < -0.4 is 5.73 Å². The second kappa shape index (κ2) is 6.39. The van der Waals surface area contributed by atoms with Gasteiger partial charge in [0.25, 0.3) is 0 Å². The largest absolute Gasteiger partial charge is 0.324 e. The normalized spacial score (nSPS) is 12.5. The lowest BCUT2D eigenvalue weighted by atomic mass is 9.99. The van der Waals surface area contributed by atoms with Crippen molar-refractivity contribution in [3.05, 3.63) is 67.6 Å². The van der Waals surface area contributed by atoms with Crippen LogP contribution in [-0.4, -0.2) is 0 Å². The van der Waals surface area contributed by atoms with Gasteiger partial charge in [-0.15, -0.1) is 0 Å². The van der Waals surface area contributed by atoms with Crippen LogP contribution in [0, 0.1) is 11.6 Å². The maximum Gasteiger partial charge on any atom is 0.143 e. The van der Waals surface area contributed by atoms with E-state index in [1.54, 1.807) is 18.2 Å². The van der Waals surface area contributed by atoms with Crippen LogP contribution in [0.4, 0.5) is 8.78 Å². The van der Waals surface area contributed by atoms with Crippen molar-refractivity contribution in [3.63, 3.8) is 0 Å². The number of hydrogen-bond acceptors (Lipinski definition) is 1. The molecule has 0 aliphatic carbocycles. The molecule has 1 unspecified atom stereocenters. The number of hydrogen-bond donors (Lipinski definition) is 1. The molecule has 0 aromatic heterocycles. The summed E-state index contributed by atoms with van der Waals surface area (Å²) in [5.74, 6) is -1.26. The smallest absolute Gasteiger partial charge is 0.143 e. The first-order valence-electron chi connectivity index (χ1n) is 5.73. The van der Waals surface area contributed by atoms with Crippen LogP contribution >= 0.6 is 39.1 Å². The number of benzene rings is 2. The van der Waals surface area contributed by atoms with Gasteiger partial charge in [-0.3, -0.25) is 0 Å². The summed E-state index contributed by atoms with van der Waals surface area (Å²) in [7, 11) is 0. The van der Waals surface area contributed by atoms with Crippen LogP contribution in [0.5, 0.6) is 0 Å². The molecule has 1 nitrogen and oxygen atoms in total. The fourth-order valence-electron chi connectivity index (χ4n) is 1.84. The van der Waals surface area contributed by atoms with Gasteiger partial charge in [0.1, 0.15) is 11.6 Å². The van der Waals surface area contributed by atoms with Gasteiger partial charge in [0.15, 0.2) is 0 Å². The maximum absolute atomic E-state index is 13.9. The lowest BCUT2D eigenvalue weighted by Gasteiger charge is -2.14. The minimum absolute atomic E-state index is 0.0229. The molecule has 0 fully saturated rings. The first-order chi connectivity index (χ1) is 9.40. The van der Waals surface area contributed by atoms with Gasteiger partial charge < -0.3 is 5.73 Å². The monoisotopic (exact) mass is 379 g/mol. The quantitative estimate of drug-likeness (QED) is 0.720. The van der Waals surface area contributed by atoms with E-state index in [0.717, 1.165) is 0 Å². The van der Waals surface area contributed by atoms with Crippen LogP contribution in [0.25, 0.3) is 0 Å². The van der Waals surface area contributed by atoms with Gasteiger partial charge in [0.2, 0.25) is 0 Å². The molecular weight excluding hydrogens is 371 g/mol. The molecule has 0 saturated carbocycles. The molecule has 106 valence electrons. The molecule has 2 aromatic carbocycles. The topological polar surface area (TPSA) is 26.0 Å². The van der Waals surface area contributed by atoms with E-state index in [1.807, 2.05) is 0 Å². The Hall–Kier alpha value is -0.680. The Morgan fingerprint density at radius 2 is 1.80 bits per heavy atom. The fraction of sp³-hybridized carbons (Fsp3) is 0.143. The van der Waals surface area contributed by atoms with Crippen molar-refractivity contribution in [1.82, 2.24) is 0 Å². The van der Waals surface area contributed by atoms with Gasteiger partial charge in [-0.05, 0) is 52.2 Å². The minimum atomic E-state index is -0.638. The van der Waals surface area contributed by atoms with Crippen LogP contribution in [-0.2, 0) is 6.42 Å². The van der Waals surface area contributed by atoms with Crippen LogP contribution in [0.15, 0.2) is 34.8 Å². The minimum Gasteiger partial charge on any atom is -0.324 e. The second-order valence-corrected chi connectivity index (χ2v) is 5.97. The molecule has 0 aliphatic rings. The van der Waals surface area contributed by atoms with E-state index in [1.165, 1.54) is 12.1 Å². The molecule has 0 spiro atoms. The Bertz CT molecular complexity index is 649. The van der Waals surface area contributed by atoms with Gasteiger partial charge in [-0.1, -0.05) is 29.3 Å². The summed E-state index contributed by atoms with van der Waals surface area (Å²) in [4.78, 5) is 0. The average molecular weight is 381 g/mol. The Morgan fingerprint density at radius 3 is 2.45 bits per heavy atom. The Kier molecular flexibility index (Phi) is 5.02. The summed E-state index contributed by atoms with van der Waals surface area (Å²) in [6.07, 6.45) is 0.0229. The predicted molar refractivity (Wildman–Crippen MR) is 81.2 cm³/mol. The first kappa shape index (κ1) is 15.7. The highest BCUT2D eigenvalue weighted by atomic mass is 79.9. The SMILES string of the molecule is NC(Cc1c(F)ccc(Br)c1F)c1ccc(Cl)c(Cl)c1. The van der Waals surface area contributed by atoms with Crippen LogP contribution in [0.3, 0.4) is 0 Å². The van der Waals surface area contributed by atoms with Gasteiger partial charge in [0, 0.05) is 11.6 Å². The summed E-state index contributed by atoms with van der Waals surface area (Å²) >= 11 is 14.7. The summed E-state index contributed by atoms with van der Waals surface area (Å²) in [5, 5.41) is 0.761. The Labute approximate surface area is 133 Å². The molecule has 0 bridgehead atoms. The van der Waals surface area contributed by atoms with Crippen molar-refractivity contribution >= 4 is 39.1 Å². The maximum atomic E-state index is 13.9. The predicted octanol–water partition coefficient (Wildman–Crippen LogP) is 5.28.